The van der Waals surface area contributed by atoms with Crippen LogP contribution in [0.5, 0.6) is 0 Å². The molecule has 0 amide bonds. The van der Waals surface area contributed by atoms with E-state index >= 15 is 0 Å². The van der Waals surface area contributed by atoms with Gasteiger partial charge in [-0.05, 0) is 13.0 Å². The van der Waals surface area contributed by atoms with E-state index < -0.39 is 11.6 Å². The van der Waals surface area contributed by atoms with Crippen LogP contribution in [0.1, 0.15) is 11.7 Å². The maximum atomic E-state index is 13.1. The SMILES string of the molecule is Cc1noc(CCNc2cc(F)cc(F)c2N)n1. The summed E-state index contributed by atoms with van der Waals surface area (Å²) in [4.78, 5) is 4.00. The lowest BCUT2D eigenvalue weighted by molar-refractivity contribution is 0.377. The second-order valence-electron chi connectivity index (χ2n) is 3.76. The van der Waals surface area contributed by atoms with Crippen molar-refractivity contribution in [1.82, 2.24) is 10.1 Å². The van der Waals surface area contributed by atoms with Crippen LogP contribution in [0.4, 0.5) is 20.2 Å². The Labute approximate surface area is 102 Å². The quantitative estimate of drug-likeness (QED) is 0.815. The first-order valence-electron chi connectivity index (χ1n) is 5.34. The molecule has 0 radical (unpaired) electrons. The minimum absolute atomic E-state index is 0.113. The summed E-state index contributed by atoms with van der Waals surface area (Å²) in [6, 6.07) is 1.87. The topological polar surface area (TPSA) is 77.0 Å². The Morgan fingerprint density at radius 1 is 1.39 bits per heavy atom. The van der Waals surface area contributed by atoms with Gasteiger partial charge < -0.3 is 15.6 Å². The van der Waals surface area contributed by atoms with Crippen molar-refractivity contribution in [3.05, 3.63) is 35.5 Å². The molecule has 18 heavy (non-hydrogen) atoms. The summed E-state index contributed by atoms with van der Waals surface area (Å²) in [5, 5.41) is 6.45. The highest BCUT2D eigenvalue weighted by Crippen LogP contribution is 2.23. The van der Waals surface area contributed by atoms with Crippen molar-refractivity contribution in [2.45, 2.75) is 13.3 Å². The minimum atomic E-state index is -0.786. The zero-order chi connectivity index (χ0) is 13.1. The molecule has 2 aromatic rings. The lowest BCUT2D eigenvalue weighted by atomic mass is 10.2. The Morgan fingerprint density at radius 2 is 2.17 bits per heavy atom. The molecule has 1 aromatic heterocycles. The van der Waals surface area contributed by atoms with Crippen molar-refractivity contribution in [2.75, 3.05) is 17.6 Å². The van der Waals surface area contributed by atoms with Gasteiger partial charge in [-0.25, -0.2) is 8.78 Å². The molecule has 0 atom stereocenters. The fraction of sp³-hybridized carbons (Fsp3) is 0.273. The van der Waals surface area contributed by atoms with Crippen LogP contribution in [-0.2, 0) is 6.42 Å². The summed E-state index contributed by atoms with van der Waals surface area (Å²) in [5.41, 5.74) is 5.58. The van der Waals surface area contributed by atoms with Crippen LogP contribution in [-0.4, -0.2) is 16.7 Å². The van der Waals surface area contributed by atoms with Crippen LogP contribution in [0.15, 0.2) is 16.7 Å². The number of benzene rings is 1. The van der Waals surface area contributed by atoms with E-state index in [1.54, 1.807) is 6.92 Å². The summed E-state index contributed by atoms with van der Waals surface area (Å²) in [6.07, 6.45) is 0.443. The molecule has 5 nitrogen and oxygen atoms in total. The standard InChI is InChI=1S/C11H12F2N4O/c1-6-16-10(18-17-6)2-3-15-9-5-7(12)4-8(13)11(9)14/h4-5,15H,2-3,14H2,1H3. The molecule has 2 rings (SSSR count). The number of anilines is 2. The number of nitrogens with zero attached hydrogens (tertiary/aromatic N) is 2. The van der Waals surface area contributed by atoms with Gasteiger partial charge in [-0.1, -0.05) is 5.16 Å². The number of aromatic nitrogens is 2. The van der Waals surface area contributed by atoms with Gasteiger partial charge in [0.15, 0.2) is 11.6 Å². The van der Waals surface area contributed by atoms with Crippen LogP contribution in [0, 0.1) is 18.6 Å². The molecule has 1 heterocycles. The third-order valence-electron chi connectivity index (χ3n) is 2.32. The number of rotatable bonds is 4. The Balaban J connectivity index is 1.98. The lowest BCUT2D eigenvalue weighted by Gasteiger charge is -2.08. The average molecular weight is 254 g/mol. The Morgan fingerprint density at radius 3 is 2.83 bits per heavy atom. The van der Waals surface area contributed by atoms with Crippen molar-refractivity contribution < 1.29 is 13.3 Å². The van der Waals surface area contributed by atoms with Crippen molar-refractivity contribution in [1.29, 1.82) is 0 Å². The van der Waals surface area contributed by atoms with Gasteiger partial charge in [0.1, 0.15) is 5.82 Å². The monoisotopic (exact) mass is 254 g/mol. The van der Waals surface area contributed by atoms with Crippen molar-refractivity contribution >= 4 is 11.4 Å². The third-order valence-corrected chi connectivity index (χ3v) is 2.32. The molecule has 96 valence electrons. The first kappa shape index (κ1) is 12.3. The molecular formula is C11H12F2N4O. The van der Waals surface area contributed by atoms with E-state index in [9.17, 15) is 8.78 Å². The predicted molar refractivity (Wildman–Crippen MR) is 62.0 cm³/mol. The Kier molecular flexibility index (Phi) is 3.40. The molecule has 0 unspecified atom stereocenters. The second kappa shape index (κ2) is 4.99. The van der Waals surface area contributed by atoms with E-state index in [-0.39, 0.29) is 11.4 Å². The number of hydrogen-bond acceptors (Lipinski definition) is 5. The lowest BCUT2D eigenvalue weighted by Crippen LogP contribution is -2.08. The third kappa shape index (κ3) is 2.73. The minimum Gasteiger partial charge on any atom is -0.395 e. The highest BCUT2D eigenvalue weighted by atomic mass is 19.1. The molecule has 1 aromatic carbocycles. The van der Waals surface area contributed by atoms with Gasteiger partial charge in [-0.2, -0.15) is 4.98 Å². The number of hydrogen-bond donors (Lipinski definition) is 2. The van der Waals surface area contributed by atoms with Crippen LogP contribution < -0.4 is 11.1 Å². The van der Waals surface area contributed by atoms with E-state index in [4.69, 9.17) is 10.3 Å². The number of nitrogens with one attached hydrogen (secondary N) is 1. The number of aryl methyl sites for hydroxylation is 1. The molecule has 0 aliphatic heterocycles. The van der Waals surface area contributed by atoms with Gasteiger partial charge in [-0.15, -0.1) is 0 Å². The van der Waals surface area contributed by atoms with Crippen LogP contribution >= 0.6 is 0 Å². The molecule has 3 N–H and O–H groups in total. The van der Waals surface area contributed by atoms with Gasteiger partial charge in [0.05, 0.1) is 11.4 Å². The summed E-state index contributed by atoms with van der Waals surface area (Å²) in [6.45, 7) is 2.09. The first-order chi connectivity index (χ1) is 8.56. The molecule has 0 aliphatic rings. The zero-order valence-electron chi connectivity index (χ0n) is 9.70. The summed E-state index contributed by atoms with van der Waals surface area (Å²) < 4.78 is 31.0. The van der Waals surface area contributed by atoms with Crippen molar-refractivity contribution in [3.63, 3.8) is 0 Å². The zero-order valence-corrected chi connectivity index (χ0v) is 9.70. The maximum absolute atomic E-state index is 13.1. The smallest absolute Gasteiger partial charge is 0.228 e. The van der Waals surface area contributed by atoms with E-state index in [0.29, 0.717) is 24.7 Å². The molecule has 7 heteroatoms. The predicted octanol–water partition coefficient (Wildman–Crippen LogP) is 1.89. The first-order valence-corrected chi connectivity index (χ1v) is 5.34. The average Bonchev–Trinajstić information content (AvgIpc) is 2.71. The maximum Gasteiger partial charge on any atom is 0.228 e. The van der Waals surface area contributed by atoms with Gasteiger partial charge in [-0.3, -0.25) is 0 Å². The highest BCUT2D eigenvalue weighted by Gasteiger charge is 2.08. The van der Waals surface area contributed by atoms with Gasteiger partial charge in [0, 0.05) is 19.0 Å². The second-order valence-corrected chi connectivity index (χ2v) is 3.76. The Bertz CT molecular complexity index is 556. The van der Waals surface area contributed by atoms with Gasteiger partial charge in [0.2, 0.25) is 5.89 Å². The molecule has 0 aliphatic carbocycles. The number of halogens is 2. The fourth-order valence-electron chi connectivity index (χ4n) is 1.48. The molecular weight excluding hydrogens is 242 g/mol. The van der Waals surface area contributed by atoms with Gasteiger partial charge in [0.25, 0.3) is 0 Å². The Hall–Kier alpha value is -2.18. The van der Waals surface area contributed by atoms with E-state index in [2.05, 4.69) is 15.5 Å². The van der Waals surface area contributed by atoms with Crippen molar-refractivity contribution in [2.24, 2.45) is 0 Å². The summed E-state index contributed by atoms with van der Waals surface area (Å²) in [5.74, 6) is -0.472. The van der Waals surface area contributed by atoms with Gasteiger partial charge >= 0.3 is 0 Å². The van der Waals surface area contributed by atoms with Crippen LogP contribution in [0.3, 0.4) is 0 Å². The summed E-state index contributed by atoms with van der Waals surface area (Å²) >= 11 is 0. The van der Waals surface area contributed by atoms with E-state index in [0.717, 1.165) is 12.1 Å². The normalized spacial score (nSPS) is 10.6. The number of nitrogens with two attached hydrogens (primary N) is 1. The van der Waals surface area contributed by atoms with Crippen LogP contribution in [0.25, 0.3) is 0 Å². The molecule has 0 bridgehead atoms. The largest absolute Gasteiger partial charge is 0.395 e. The van der Waals surface area contributed by atoms with E-state index in [1.807, 2.05) is 0 Å². The van der Waals surface area contributed by atoms with Crippen molar-refractivity contribution in [3.8, 4) is 0 Å². The highest BCUT2D eigenvalue weighted by molar-refractivity contribution is 5.66. The molecule has 0 fully saturated rings. The molecule has 0 saturated heterocycles. The number of nitrogen functional groups attached to an aromatic ring is 1. The molecule has 0 saturated carbocycles. The fourth-order valence-corrected chi connectivity index (χ4v) is 1.48. The van der Waals surface area contributed by atoms with E-state index in [1.165, 1.54) is 0 Å². The van der Waals surface area contributed by atoms with Crippen LogP contribution in [0.2, 0.25) is 0 Å². The molecule has 0 spiro atoms. The summed E-state index contributed by atoms with van der Waals surface area (Å²) in [7, 11) is 0.